The molecule has 0 saturated heterocycles. The molecule has 1 aromatic heterocycles. The smallest absolute Gasteiger partial charge is 0.272 e. The summed E-state index contributed by atoms with van der Waals surface area (Å²) in [7, 11) is 1.39. The number of benzene rings is 1. The molecule has 1 aromatic carbocycles. The molecule has 0 bridgehead atoms. The first kappa shape index (κ1) is 21.4. The van der Waals surface area contributed by atoms with Crippen LogP contribution in [0.2, 0.25) is 0 Å². The average Bonchev–Trinajstić information content (AvgIpc) is 3.15. The number of carbonyl (C=O) groups excluding carboxylic acids is 1. The van der Waals surface area contributed by atoms with Crippen LogP contribution in [-0.2, 0) is 16.9 Å². The predicted octanol–water partition coefficient (Wildman–Crippen LogP) is 3.75. The van der Waals surface area contributed by atoms with Gasteiger partial charge in [-0.1, -0.05) is 36.4 Å². The minimum Gasteiger partial charge on any atom is -0.362 e. The number of rotatable bonds is 7. The van der Waals surface area contributed by atoms with Gasteiger partial charge in [-0.2, -0.15) is 5.10 Å². The molecule has 1 amide bonds. The van der Waals surface area contributed by atoms with E-state index in [1.165, 1.54) is 19.2 Å². The molecular formula is C22H20F3N3O2. The second-order valence-corrected chi connectivity index (χ2v) is 6.81. The van der Waals surface area contributed by atoms with Crippen LogP contribution in [0.25, 0.3) is 0 Å². The molecule has 2 aromatic rings. The monoisotopic (exact) mass is 415 g/mol. The molecule has 1 heterocycles. The lowest BCUT2D eigenvalue weighted by Crippen LogP contribution is -2.49. The number of carbonyl (C=O) groups is 1. The molecule has 2 atom stereocenters. The Morgan fingerprint density at radius 3 is 2.73 bits per heavy atom. The van der Waals surface area contributed by atoms with Crippen molar-refractivity contribution in [3.8, 4) is 12.3 Å². The van der Waals surface area contributed by atoms with Gasteiger partial charge in [-0.05, 0) is 17.7 Å². The molecule has 30 heavy (non-hydrogen) atoms. The summed E-state index contributed by atoms with van der Waals surface area (Å²) in [5.41, 5.74) is -1.07. The Morgan fingerprint density at radius 2 is 2.10 bits per heavy atom. The highest BCUT2D eigenvalue weighted by molar-refractivity contribution is 5.94. The highest BCUT2D eigenvalue weighted by Crippen LogP contribution is 2.36. The molecule has 3 rings (SSSR count). The molecule has 156 valence electrons. The van der Waals surface area contributed by atoms with Crippen molar-refractivity contribution in [2.45, 2.75) is 31.0 Å². The number of nitrogens with zero attached hydrogens (tertiary/aromatic N) is 2. The topological polar surface area (TPSA) is 56.2 Å². The predicted molar refractivity (Wildman–Crippen MR) is 105 cm³/mol. The van der Waals surface area contributed by atoms with Crippen molar-refractivity contribution in [3.63, 3.8) is 0 Å². The van der Waals surface area contributed by atoms with Gasteiger partial charge in [-0.3, -0.25) is 4.79 Å². The van der Waals surface area contributed by atoms with E-state index >= 15 is 0 Å². The van der Waals surface area contributed by atoms with Crippen LogP contribution in [0.15, 0.2) is 54.8 Å². The van der Waals surface area contributed by atoms with Crippen molar-refractivity contribution in [2.75, 3.05) is 7.11 Å². The number of allylic oxidation sites excluding steroid dienone is 2. The molecular weight excluding hydrogens is 395 g/mol. The third kappa shape index (κ3) is 4.16. The van der Waals surface area contributed by atoms with E-state index in [-0.39, 0.29) is 13.2 Å². The van der Waals surface area contributed by atoms with Gasteiger partial charge in [0.25, 0.3) is 12.3 Å². The number of methoxy groups -OCH3 is 1. The molecule has 2 unspecified atom stereocenters. The van der Waals surface area contributed by atoms with Gasteiger partial charge in [0.2, 0.25) is 0 Å². The summed E-state index contributed by atoms with van der Waals surface area (Å²) < 4.78 is 46.3. The fourth-order valence-corrected chi connectivity index (χ4v) is 3.51. The highest BCUT2D eigenvalue weighted by Gasteiger charge is 2.39. The van der Waals surface area contributed by atoms with Gasteiger partial charge in [-0.15, -0.1) is 12.3 Å². The summed E-state index contributed by atoms with van der Waals surface area (Å²) >= 11 is 0. The maximum atomic E-state index is 13.4. The number of halogens is 3. The van der Waals surface area contributed by atoms with Gasteiger partial charge in [-0.25, -0.2) is 17.9 Å². The fraction of sp³-hybridized carbons (Fsp3) is 0.273. The van der Waals surface area contributed by atoms with Crippen molar-refractivity contribution < 1.29 is 22.7 Å². The van der Waals surface area contributed by atoms with Crippen LogP contribution in [0, 0.1) is 18.2 Å². The standard InChI is InChI=1S/C22H20F3N3O2/c1-3-11-22(15-7-9-16(23)10-8-15)12-5-4-6-18(22)26-21(29)19-17(20(24)25)13-28(27-19)14-30-2/h1,4-10,12-13,18,20H,11,14H2,2H3,(H,26,29). The summed E-state index contributed by atoms with van der Waals surface area (Å²) in [5.74, 6) is 1.42. The highest BCUT2D eigenvalue weighted by atomic mass is 19.3. The van der Waals surface area contributed by atoms with Gasteiger partial charge in [0.15, 0.2) is 5.69 Å². The van der Waals surface area contributed by atoms with Crippen molar-refractivity contribution in [3.05, 3.63) is 77.4 Å². The van der Waals surface area contributed by atoms with Crippen LogP contribution in [0.4, 0.5) is 13.2 Å². The molecule has 5 nitrogen and oxygen atoms in total. The first-order valence-corrected chi connectivity index (χ1v) is 9.12. The summed E-state index contributed by atoms with van der Waals surface area (Å²) in [6, 6.07) is 5.13. The molecule has 0 radical (unpaired) electrons. The average molecular weight is 415 g/mol. The molecule has 0 aliphatic heterocycles. The number of terminal acetylenes is 1. The van der Waals surface area contributed by atoms with Crippen LogP contribution in [0.1, 0.15) is 34.5 Å². The maximum Gasteiger partial charge on any atom is 0.272 e. The third-order valence-corrected chi connectivity index (χ3v) is 4.93. The zero-order chi connectivity index (χ0) is 21.7. The first-order chi connectivity index (χ1) is 14.4. The molecule has 0 spiro atoms. The van der Waals surface area contributed by atoms with Crippen LogP contribution >= 0.6 is 0 Å². The number of hydrogen-bond donors (Lipinski definition) is 1. The maximum absolute atomic E-state index is 13.4. The van der Waals surface area contributed by atoms with E-state index in [4.69, 9.17) is 11.2 Å². The lowest BCUT2D eigenvalue weighted by molar-refractivity contribution is 0.0909. The SMILES string of the molecule is C#CCC1(c2ccc(F)cc2)C=CC=CC1NC(=O)c1nn(COC)cc1C(F)F. The summed E-state index contributed by atoms with van der Waals surface area (Å²) in [6.07, 6.45) is 11.0. The lowest BCUT2D eigenvalue weighted by atomic mass is 9.69. The minimum atomic E-state index is -2.88. The molecule has 1 aliphatic rings. The van der Waals surface area contributed by atoms with Crippen molar-refractivity contribution >= 4 is 5.91 Å². The molecule has 0 fully saturated rings. The minimum absolute atomic E-state index is 0.0737. The molecule has 1 aliphatic carbocycles. The van der Waals surface area contributed by atoms with E-state index in [1.54, 1.807) is 30.4 Å². The van der Waals surface area contributed by atoms with Gasteiger partial charge < -0.3 is 10.1 Å². The van der Waals surface area contributed by atoms with Crippen molar-refractivity contribution in [1.82, 2.24) is 15.1 Å². The van der Waals surface area contributed by atoms with Gasteiger partial charge in [0.05, 0.1) is 11.6 Å². The third-order valence-electron chi connectivity index (χ3n) is 4.93. The van der Waals surface area contributed by atoms with Gasteiger partial charge in [0, 0.05) is 25.1 Å². The van der Waals surface area contributed by atoms with Gasteiger partial charge in [0.1, 0.15) is 12.5 Å². The van der Waals surface area contributed by atoms with Crippen LogP contribution in [-0.4, -0.2) is 28.8 Å². The second-order valence-electron chi connectivity index (χ2n) is 6.81. The molecule has 0 saturated carbocycles. The van der Waals surface area contributed by atoms with Crippen molar-refractivity contribution in [2.24, 2.45) is 0 Å². The summed E-state index contributed by atoms with van der Waals surface area (Å²) in [6.45, 7) is -0.0737. The zero-order valence-corrected chi connectivity index (χ0v) is 16.2. The van der Waals surface area contributed by atoms with E-state index < -0.39 is 40.9 Å². The Labute approximate surface area is 172 Å². The Hall–Kier alpha value is -3.31. The Bertz CT molecular complexity index is 1010. The van der Waals surface area contributed by atoms with E-state index in [2.05, 4.69) is 16.3 Å². The second kappa shape index (κ2) is 9.01. The summed E-state index contributed by atoms with van der Waals surface area (Å²) in [4.78, 5) is 12.9. The number of amides is 1. The number of nitrogens with one attached hydrogen (secondary N) is 1. The Morgan fingerprint density at radius 1 is 1.37 bits per heavy atom. The summed E-state index contributed by atoms with van der Waals surface area (Å²) in [5, 5.41) is 6.69. The fourth-order valence-electron chi connectivity index (χ4n) is 3.51. The number of aromatic nitrogens is 2. The quantitative estimate of drug-likeness (QED) is 0.701. The molecule has 1 N–H and O–H groups in total. The Balaban J connectivity index is 1.96. The number of alkyl halides is 2. The van der Waals surface area contributed by atoms with Crippen LogP contribution in [0.5, 0.6) is 0 Å². The van der Waals surface area contributed by atoms with Crippen LogP contribution < -0.4 is 5.32 Å². The normalized spacial score (nSPS) is 20.3. The lowest BCUT2D eigenvalue weighted by Gasteiger charge is -2.38. The first-order valence-electron chi connectivity index (χ1n) is 9.12. The molecule has 8 heteroatoms. The van der Waals surface area contributed by atoms with Crippen LogP contribution in [0.3, 0.4) is 0 Å². The van der Waals surface area contributed by atoms with Crippen molar-refractivity contribution in [1.29, 1.82) is 0 Å². The Kier molecular flexibility index (Phi) is 6.43. The van der Waals surface area contributed by atoms with E-state index in [0.717, 1.165) is 10.9 Å². The zero-order valence-electron chi connectivity index (χ0n) is 16.2. The number of hydrogen-bond acceptors (Lipinski definition) is 3. The van der Waals surface area contributed by atoms with E-state index in [0.29, 0.717) is 5.56 Å². The largest absolute Gasteiger partial charge is 0.362 e. The van der Waals surface area contributed by atoms with Gasteiger partial charge >= 0.3 is 0 Å². The van der Waals surface area contributed by atoms with E-state index in [9.17, 15) is 18.0 Å². The van der Waals surface area contributed by atoms with E-state index in [1.807, 2.05) is 6.08 Å². The number of ether oxygens (including phenoxy) is 1.